The lowest BCUT2D eigenvalue weighted by atomic mass is 9.82. The number of nitrogens with zero attached hydrogens (tertiary/aromatic N) is 2. The molecule has 0 amide bonds. The normalized spacial score (nSPS) is 16.0. The van der Waals surface area contributed by atoms with Crippen molar-refractivity contribution in [1.29, 1.82) is 0 Å². The second-order valence-electron chi connectivity index (χ2n) is 8.51. The van der Waals surface area contributed by atoms with Gasteiger partial charge in [0.25, 0.3) is 0 Å². The van der Waals surface area contributed by atoms with Crippen LogP contribution in [0.2, 0.25) is 5.02 Å². The number of ketones is 1. The summed E-state index contributed by atoms with van der Waals surface area (Å²) in [6.07, 6.45) is 4.39. The molecule has 0 fully saturated rings. The maximum Gasteiger partial charge on any atom is 0.166 e. The van der Waals surface area contributed by atoms with E-state index < -0.39 is 0 Å². The second-order valence-corrected chi connectivity index (χ2v) is 8.95. The molecular formula is C21H27ClN2O. The first-order valence-electron chi connectivity index (χ1n) is 9.14. The Kier molecular flexibility index (Phi) is 5.06. The Morgan fingerprint density at radius 2 is 2.04 bits per heavy atom. The minimum absolute atomic E-state index is 0.243. The minimum atomic E-state index is 0.243. The largest absolute Gasteiger partial charge is 0.294 e. The van der Waals surface area contributed by atoms with Crippen molar-refractivity contribution in [2.45, 2.75) is 59.8 Å². The molecule has 0 N–H and O–H groups in total. The van der Waals surface area contributed by atoms with E-state index in [0.29, 0.717) is 17.4 Å². The van der Waals surface area contributed by atoms with Gasteiger partial charge in [0.2, 0.25) is 0 Å². The van der Waals surface area contributed by atoms with Crippen LogP contribution in [0, 0.1) is 11.3 Å². The number of carbonyl (C=O) groups excluding carboxylic acids is 1. The quantitative estimate of drug-likeness (QED) is 0.706. The molecule has 1 atom stereocenters. The molecule has 1 aromatic carbocycles. The zero-order valence-electron chi connectivity index (χ0n) is 15.6. The Morgan fingerprint density at radius 1 is 1.28 bits per heavy atom. The number of halogens is 1. The van der Waals surface area contributed by atoms with Crippen LogP contribution in [0.1, 0.15) is 68.7 Å². The second kappa shape index (κ2) is 6.95. The number of carbonyl (C=O) groups is 1. The predicted molar refractivity (Wildman–Crippen MR) is 103 cm³/mol. The SMILES string of the molecule is CC(Cc1nn(-c2cccc(Cl)c2)c2c1C(=O)CCC2)CC(C)(C)C. The summed E-state index contributed by atoms with van der Waals surface area (Å²) in [5, 5.41) is 5.55. The van der Waals surface area contributed by atoms with Gasteiger partial charge in [-0.05, 0) is 55.2 Å². The smallest absolute Gasteiger partial charge is 0.166 e. The van der Waals surface area contributed by atoms with Crippen LogP contribution in [-0.4, -0.2) is 15.6 Å². The highest BCUT2D eigenvalue weighted by atomic mass is 35.5. The van der Waals surface area contributed by atoms with Crippen molar-refractivity contribution in [3.63, 3.8) is 0 Å². The van der Waals surface area contributed by atoms with E-state index in [1.165, 1.54) is 0 Å². The summed E-state index contributed by atoms with van der Waals surface area (Å²) in [7, 11) is 0. The number of rotatable bonds is 4. The fourth-order valence-electron chi connectivity index (χ4n) is 4.01. The third kappa shape index (κ3) is 4.14. The molecule has 1 aromatic heterocycles. The third-order valence-electron chi connectivity index (χ3n) is 4.71. The average Bonchev–Trinajstić information content (AvgIpc) is 2.85. The summed E-state index contributed by atoms with van der Waals surface area (Å²) in [5.41, 5.74) is 4.09. The average molecular weight is 359 g/mol. The summed E-state index contributed by atoms with van der Waals surface area (Å²) in [4.78, 5) is 12.6. The number of hydrogen-bond donors (Lipinski definition) is 0. The summed E-state index contributed by atoms with van der Waals surface area (Å²) in [5.74, 6) is 0.731. The van der Waals surface area contributed by atoms with Gasteiger partial charge in [-0.15, -0.1) is 0 Å². The van der Waals surface area contributed by atoms with Gasteiger partial charge in [-0.3, -0.25) is 4.79 Å². The van der Waals surface area contributed by atoms with Crippen molar-refractivity contribution in [2.75, 3.05) is 0 Å². The molecule has 0 radical (unpaired) electrons. The summed E-state index contributed by atoms with van der Waals surface area (Å²) in [6.45, 7) is 9.03. The van der Waals surface area contributed by atoms with Crippen LogP contribution < -0.4 is 0 Å². The molecule has 0 saturated heterocycles. The van der Waals surface area contributed by atoms with Crippen molar-refractivity contribution in [1.82, 2.24) is 9.78 Å². The Morgan fingerprint density at radius 3 is 2.72 bits per heavy atom. The molecule has 0 aliphatic heterocycles. The van der Waals surface area contributed by atoms with Crippen molar-refractivity contribution in [3.05, 3.63) is 46.2 Å². The summed E-state index contributed by atoms with van der Waals surface area (Å²) in [6, 6.07) is 7.70. The van der Waals surface area contributed by atoms with E-state index in [-0.39, 0.29) is 11.2 Å². The van der Waals surface area contributed by atoms with Gasteiger partial charge in [-0.2, -0.15) is 5.10 Å². The van der Waals surface area contributed by atoms with Crippen LogP contribution in [0.4, 0.5) is 0 Å². The first kappa shape index (κ1) is 18.2. The van der Waals surface area contributed by atoms with E-state index in [1.54, 1.807) is 0 Å². The molecule has 2 aromatic rings. The molecule has 0 spiro atoms. The topological polar surface area (TPSA) is 34.9 Å². The zero-order valence-corrected chi connectivity index (χ0v) is 16.4. The highest BCUT2D eigenvalue weighted by Crippen LogP contribution is 2.31. The maximum atomic E-state index is 12.6. The van der Waals surface area contributed by atoms with Gasteiger partial charge < -0.3 is 0 Å². The molecule has 1 heterocycles. The Hall–Kier alpha value is -1.61. The third-order valence-corrected chi connectivity index (χ3v) is 4.94. The van der Waals surface area contributed by atoms with Crippen molar-refractivity contribution in [2.24, 2.45) is 11.3 Å². The van der Waals surface area contributed by atoms with Gasteiger partial charge >= 0.3 is 0 Å². The molecule has 1 unspecified atom stereocenters. The molecule has 25 heavy (non-hydrogen) atoms. The highest BCUT2D eigenvalue weighted by Gasteiger charge is 2.28. The Labute approximate surface area is 155 Å². The van der Waals surface area contributed by atoms with Crippen LogP contribution in [0.15, 0.2) is 24.3 Å². The predicted octanol–water partition coefficient (Wildman–Crippen LogP) is 5.66. The van der Waals surface area contributed by atoms with E-state index in [0.717, 1.165) is 48.3 Å². The molecule has 1 aliphatic carbocycles. The fraction of sp³-hybridized carbons (Fsp3) is 0.524. The van der Waals surface area contributed by atoms with Crippen LogP contribution in [0.5, 0.6) is 0 Å². The van der Waals surface area contributed by atoms with Gasteiger partial charge in [0, 0.05) is 11.4 Å². The van der Waals surface area contributed by atoms with Gasteiger partial charge in [0.15, 0.2) is 5.78 Å². The van der Waals surface area contributed by atoms with E-state index in [2.05, 4.69) is 27.7 Å². The molecule has 0 bridgehead atoms. The summed E-state index contributed by atoms with van der Waals surface area (Å²) >= 11 is 6.16. The first-order valence-corrected chi connectivity index (χ1v) is 9.52. The Balaban J connectivity index is 2.00. The molecule has 134 valence electrons. The van der Waals surface area contributed by atoms with E-state index in [9.17, 15) is 4.79 Å². The lowest BCUT2D eigenvalue weighted by molar-refractivity contribution is 0.0971. The first-order chi connectivity index (χ1) is 11.7. The van der Waals surface area contributed by atoms with Crippen molar-refractivity contribution >= 4 is 17.4 Å². The van der Waals surface area contributed by atoms with Crippen molar-refractivity contribution in [3.8, 4) is 5.69 Å². The minimum Gasteiger partial charge on any atom is -0.294 e. The molecule has 4 heteroatoms. The van der Waals surface area contributed by atoms with E-state index in [1.807, 2.05) is 28.9 Å². The standard InChI is InChI=1S/C21H27ClN2O/c1-14(13-21(2,3)4)11-17-20-18(9-6-10-19(20)25)24(23-17)16-8-5-7-15(22)12-16/h5,7-8,12,14H,6,9-11,13H2,1-4H3. The van der Waals surface area contributed by atoms with Gasteiger partial charge in [0.05, 0.1) is 22.6 Å². The van der Waals surface area contributed by atoms with Gasteiger partial charge in [0.1, 0.15) is 0 Å². The van der Waals surface area contributed by atoms with Crippen LogP contribution >= 0.6 is 11.6 Å². The monoisotopic (exact) mass is 358 g/mol. The number of fused-ring (bicyclic) bond motifs is 1. The van der Waals surface area contributed by atoms with Gasteiger partial charge in [-0.25, -0.2) is 4.68 Å². The lowest BCUT2D eigenvalue weighted by Crippen LogP contribution is -2.16. The van der Waals surface area contributed by atoms with Gasteiger partial charge in [-0.1, -0.05) is 45.4 Å². The number of Topliss-reactive ketones (excluding diaryl/α,β-unsaturated/α-hetero) is 1. The van der Waals surface area contributed by atoms with Crippen LogP contribution in [0.3, 0.4) is 0 Å². The summed E-state index contributed by atoms with van der Waals surface area (Å²) < 4.78 is 1.94. The van der Waals surface area contributed by atoms with E-state index in [4.69, 9.17) is 16.7 Å². The maximum absolute atomic E-state index is 12.6. The van der Waals surface area contributed by atoms with Crippen molar-refractivity contribution < 1.29 is 4.79 Å². The lowest BCUT2D eigenvalue weighted by Gasteiger charge is -2.23. The molecule has 3 rings (SSSR count). The number of benzene rings is 1. The fourth-order valence-corrected chi connectivity index (χ4v) is 4.19. The van der Waals surface area contributed by atoms with E-state index >= 15 is 0 Å². The molecule has 0 saturated carbocycles. The number of aromatic nitrogens is 2. The highest BCUT2D eigenvalue weighted by molar-refractivity contribution is 6.30. The molecule has 3 nitrogen and oxygen atoms in total. The molecule has 1 aliphatic rings. The van der Waals surface area contributed by atoms with Crippen LogP contribution in [0.25, 0.3) is 5.69 Å². The Bertz CT molecular complexity index is 786. The molecular weight excluding hydrogens is 332 g/mol. The zero-order chi connectivity index (χ0) is 18.2. The van der Waals surface area contributed by atoms with Crippen LogP contribution in [-0.2, 0) is 12.8 Å². The number of hydrogen-bond acceptors (Lipinski definition) is 2.